The summed E-state index contributed by atoms with van der Waals surface area (Å²) in [4.78, 5) is 38.6. The number of aromatic nitrogens is 4. The second-order valence-corrected chi connectivity index (χ2v) is 6.90. The van der Waals surface area contributed by atoms with Gasteiger partial charge in [0.2, 0.25) is 0 Å². The third-order valence-electron chi connectivity index (χ3n) is 5.24. The summed E-state index contributed by atoms with van der Waals surface area (Å²) in [6.07, 6.45) is 3.84. The van der Waals surface area contributed by atoms with Crippen molar-refractivity contribution in [2.75, 3.05) is 13.1 Å². The summed E-state index contributed by atoms with van der Waals surface area (Å²) in [6, 6.07) is 1.24. The highest BCUT2D eigenvalue weighted by Crippen LogP contribution is 2.41. The molecule has 1 fully saturated rings. The molecule has 0 spiro atoms. The smallest absolute Gasteiger partial charge is 0.331 e. The van der Waals surface area contributed by atoms with Gasteiger partial charge >= 0.3 is 5.69 Å². The second-order valence-electron chi connectivity index (χ2n) is 6.90. The van der Waals surface area contributed by atoms with Gasteiger partial charge in [-0.25, -0.2) is 4.79 Å². The molecule has 2 aromatic rings. The van der Waals surface area contributed by atoms with Crippen LogP contribution in [-0.4, -0.2) is 43.2 Å². The summed E-state index contributed by atoms with van der Waals surface area (Å²) >= 11 is 0. The Morgan fingerprint density at radius 1 is 1.16 bits per heavy atom. The lowest BCUT2D eigenvalue weighted by Gasteiger charge is -2.21. The fourth-order valence-corrected chi connectivity index (χ4v) is 3.51. The normalized spacial score (nSPS) is 17.3. The Hall–Kier alpha value is -2.64. The lowest BCUT2D eigenvalue weighted by atomic mass is 10.1. The number of carbonyl (C=O) groups is 1. The fourth-order valence-electron chi connectivity index (χ4n) is 3.51. The summed E-state index contributed by atoms with van der Waals surface area (Å²) in [7, 11) is 2.92. The predicted molar refractivity (Wildman–Crippen MR) is 90.8 cm³/mol. The van der Waals surface area contributed by atoms with Crippen LogP contribution in [0.3, 0.4) is 0 Å². The minimum Gasteiger partial charge on any atom is -0.337 e. The number of carbonyl (C=O) groups excluding carboxylic acids is 1. The minimum absolute atomic E-state index is 0.138. The summed E-state index contributed by atoms with van der Waals surface area (Å²) in [5.74, 6) is 0.295. The van der Waals surface area contributed by atoms with Crippen LogP contribution in [0.15, 0.2) is 15.7 Å². The average molecular weight is 343 g/mol. The number of H-pyrrole nitrogens is 1. The third-order valence-corrected chi connectivity index (χ3v) is 5.24. The van der Waals surface area contributed by atoms with Crippen LogP contribution in [0.4, 0.5) is 0 Å². The lowest BCUT2D eigenvalue weighted by Crippen LogP contribution is -2.43. The summed E-state index contributed by atoms with van der Waals surface area (Å²) < 4.78 is 2.24. The van der Waals surface area contributed by atoms with Gasteiger partial charge in [0.05, 0.1) is 5.69 Å². The molecule has 2 aliphatic rings. The molecule has 132 valence electrons. The lowest BCUT2D eigenvalue weighted by molar-refractivity contribution is 0.0750. The Kier molecular flexibility index (Phi) is 3.63. The second kappa shape index (κ2) is 5.72. The molecule has 1 aliphatic heterocycles. The van der Waals surface area contributed by atoms with Gasteiger partial charge in [0.25, 0.3) is 11.5 Å². The van der Waals surface area contributed by atoms with Crippen LogP contribution < -0.4 is 11.2 Å². The van der Waals surface area contributed by atoms with Gasteiger partial charge in [0, 0.05) is 51.3 Å². The van der Waals surface area contributed by atoms with E-state index in [1.165, 1.54) is 43.1 Å². The molecule has 0 atom stereocenters. The molecule has 0 bridgehead atoms. The van der Waals surface area contributed by atoms with Crippen molar-refractivity contribution in [1.29, 1.82) is 0 Å². The van der Waals surface area contributed by atoms with Gasteiger partial charge in [0.1, 0.15) is 5.69 Å². The quantitative estimate of drug-likeness (QED) is 0.826. The Morgan fingerprint density at radius 2 is 1.88 bits per heavy atom. The molecule has 2 aromatic heterocycles. The van der Waals surface area contributed by atoms with E-state index in [1.807, 2.05) is 0 Å². The molecule has 0 saturated heterocycles. The van der Waals surface area contributed by atoms with E-state index in [1.54, 1.807) is 4.90 Å². The molecule has 1 amide bonds. The van der Waals surface area contributed by atoms with Crippen LogP contribution in [0, 0.1) is 0 Å². The van der Waals surface area contributed by atoms with Crippen LogP contribution in [0.25, 0.3) is 0 Å². The van der Waals surface area contributed by atoms with Crippen molar-refractivity contribution >= 4 is 5.91 Å². The van der Waals surface area contributed by atoms with E-state index in [0.29, 0.717) is 25.4 Å². The first-order chi connectivity index (χ1) is 12.0. The predicted octanol–water partition coefficient (Wildman–Crippen LogP) is -0.0745. The maximum atomic E-state index is 12.9. The first-order valence-corrected chi connectivity index (χ1v) is 8.59. The number of fused-ring (bicyclic) bond motifs is 1. The third kappa shape index (κ3) is 2.61. The number of nitrogens with zero attached hydrogens (tertiary/aromatic N) is 4. The zero-order chi connectivity index (χ0) is 17.7. The highest BCUT2D eigenvalue weighted by molar-refractivity contribution is 5.92. The maximum absolute atomic E-state index is 12.9. The molecule has 0 unspecified atom stereocenters. The average Bonchev–Trinajstić information content (AvgIpc) is 3.40. The Balaban J connectivity index is 1.60. The molecule has 1 aliphatic carbocycles. The van der Waals surface area contributed by atoms with Gasteiger partial charge in [-0.3, -0.25) is 23.8 Å². The van der Waals surface area contributed by atoms with Crippen LogP contribution in [0.1, 0.15) is 46.2 Å². The summed E-state index contributed by atoms with van der Waals surface area (Å²) in [6.45, 7) is 1.11. The van der Waals surface area contributed by atoms with Crippen molar-refractivity contribution in [3.8, 4) is 0 Å². The molecule has 3 heterocycles. The molecule has 1 N–H and O–H groups in total. The van der Waals surface area contributed by atoms with E-state index in [0.717, 1.165) is 22.4 Å². The number of nitrogens with one attached hydrogen (secondary N) is 1. The first-order valence-electron chi connectivity index (χ1n) is 8.59. The summed E-state index contributed by atoms with van der Waals surface area (Å²) in [5.41, 5.74) is 2.69. The SMILES string of the molecule is Cn1c(C(=O)N2CCc3[nH]nc(C4CC4)c3CC2)cc(=O)n(C)c1=O. The highest BCUT2D eigenvalue weighted by Gasteiger charge is 2.32. The van der Waals surface area contributed by atoms with Crippen molar-refractivity contribution < 1.29 is 4.79 Å². The molecule has 1 saturated carbocycles. The van der Waals surface area contributed by atoms with Crippen LogP contribution in [0.2, 0.25) is 0 Å². The van der Waals surface area contributed by atoms with E-state index in [4.69, 9.17) is 0 Å². The van der Waals surface area contributed by atoms with Crippen molar-refractivity contribution in [1.82, 2.24) is 24.2 Å². The standard InChI is InChI=1S/C17H21N5O3/c1-20-13(9-14(23)21(2)17(20)25)16(24)22-7-5-11-12(6-8-22)18-19-15(11)10-3-4-10/h9-10H,3-8H2,1-2H3,(H,18,19). The van der Waals surface area contributed by atoms with Crippen molar-refractivity contribution in [3.05, 3.63) is 49.5 Å². The van der Waals surface area contributed by atoms with E-state index in [2.05, 4.69) is 10.2 Å². The fraction of sp³-hybridized carbons (Fsp3) is 0.529. The van der Waals surface area contributed by atoms with Gasteiger partial charge in [-0.2, -0.15) is 5.10 Å². The van der Waals surface area contributed by atoms with Crippen LogP contribution in [0.5, 0.6) is 0 Å². The van der Waals surface area contributed by atoms with Crippen LogP contribution >= 0.6 is 0 Å². The van der Waals surface area contributed by atoms with Gasteiger partial charge in [0.15, 0.2) is 0 Å². The molecule has 8 nitrogen and oxygen atoms in total. The van der Waals surface area contributed by atoms with Crippen molar-refractivity contribution in [2.45, 2.75) is 31.6 Å². The number of aromatic amines is 1. The maximum Gasteiger partial charge on any atom is 0.331 e. The van der Waals surface area contributed by atoms with Gasteiger partial charge in [-0.1, -0.05) is 0 Å². The van der Waals surface area contributed by atoms with E-state index >= 15 is 0 Å². The topological polar surface area (TPSA) is 93.0 Å². The Bertz CT molecular complexity index is 964. The van der Waals surface area contributed by atoms with E-state index < -0.39 is 11.2 Å². The van der Waals surface area contributed by atoms with Crippen LogP contribution in [-0.2, 0) is 26.9 Å². The minimum atomic E-state index is -0.490. The molecule has 8 heteroatoms. The van der Waals surface area contributed by atoms with E-state index in [9.17, 15) is 14.4 Å². The number of hydrogen-bond donors (Lipinski definition) is 1. The number of rotatable bonds is 2. The number of amides is 1. The zero-order valence-electron chi connectivity index (χ0n) is 14.4. The van der Waals surface area contributed by atoms with E-state index in [-0.39, 0.29) is 11.6 Å². The zero-order valence-corrected chi connectivity index (χ0v) is 14.4. The molecular weight excluding hydrogens is 322 g/mol. The van der Waals surface area contributed by atoms with Gasteiger partial charge < -0.3 is 4.90 Å². The molecule has 4 rings (SSSR count). The molecular formula is C17H21N5O3. The number of hydrogen-bond acceptors (Lipinski definition) is 4. The van der Waals surface area contributed by atoms with Crippen molar-refractivity contribution in [2.24, 2.45) is 14.1 Å². The molecule has 0 radical (unpaired) electrons. The van der Waals surface area contributed by atoms with Gasteiger partial charge in [-0.05, 0) is 24.8 Å². The first kappa shape index (κ1) is 15.9. The summed E-state index contributed by atoms with van der Waals surface area (Å²) in [5, 5.41) is 7.59. The largest absolute Gasteiger partial charge is 0.337 e. The molecule has 25 heavy (non-hydrogen) atoms. The monoisotopic (exact) mass is 343 g/mol. The Morgan fingerprint density at radius 3 is 2.60 bits per heavy atom. The highest BCUT2D eigenvalue weighted by atomic mass is 16.2. The molecule has 0 aromatic carbocycles. The van der Waals surface area contributed by atoms with Gasteiger partial charge in [-0.15, -0.1) is 0 Å². The van der Waals surface area contributed by atoms with Crippen molar-refractivity contribution in [3.63, 3.8) is 0 Å². The Labute approximate surface area is 144 Å².